The highest BCUT2D eigenvalue weighted by atomic mass is 35.5. The summed E-state index contributed by atoms with van der Waals surface area (Å²) in [5.74, 6) is 1.40. The number of furan rings is 2. The molecular weight excluding hydrogens is 436 g/mol. The lowest BCUT2D eigenvalue weighted by atomic mass is 10.1. The molecule has 0 aromatic carbocycles. The van der Waals surface area contributed by atoms with E-state index in [9.17, 15) is 4.79 Å². The second kappa shape index (κ2) is 9.00. The van der Waals surface area contributed by atoms with Crippen molar-refractivity contribution in [1.82, 2.24) is 14.8 Å². The van der Waals surface area contributed by atoms with Crippen molar-refractivity contribution in [2.75, 3.05) is 32.7 Å². The average molecular weight is 459 g/mol. The highest BCUT2D eigenvalue weighted by Gasteiger charge is 2.36. The minimum Gasteiger partial charge on any atom is -0.467 e. The molecule has 0 bridgehead atoms. The van der Waals surface area contributed by atoms with Gasteiger partial charge in [-0.05, 0) is 36.4 Å². The van der Waals surface area contributed by atoms with Crippen LogP contribution in [0.2, 0.25) is 4.34 Å². The van der Waals surface area contributed by atoms with Crippen LogP contribution < -0.4 is 0 Å². The Kier molecular flexibility index (Phi) is 5.95. The molecule has 5 rings (SSSR count). The maximum absolute atomic E-state index is 13.2. The van der Waals surface area contributed by atoms with Gasteiger partial charge >= 0.3 is 0 Å². The predicted octanol–water partition coefficient (Wildman–Crippen LogP) is 4.08. The number of carbonyl (C=O) groups is 1. The van der Waals surface area contributed by atoms with Crippen LogP contribution in [-0.4, -0.2) is 59.2 Å². The minimum absolute atomic E-state index is 0.0264. The van der Waals surface area contributed by atoms with Crippen molar-refractivity contribution in [3.8, 4) is 0 Å². The number of thiophene rings is 1. The van der Waals surface area contributed by atoms with Gasteiger partial charge in [-0.25, -0.2) is 5.01 Å². The zero-order valence-corrected chi connectivity index (χ0v) is 18.5. The summed E-state index contributed by atoms with van der Waals surface area (Å²) in [5.41, 5.74) is 0.763. The van der Waals surface area contributed by atoms with E-state index in [-0.39, 0.29) is 11.9 Å². The largest absolute Gasteiger partial charge is 0.467 e. The molecule has 2 aliphatic heterocycles. The predicted molar refractivity (Wildman–Crippen MR) is 119 cm³/mol. The smallest absolute Gasteiger partial charge is 0.257 e. The molecule has 1 atom stereocenters. The van der Waals surface area contributed by atoms with Gasteiger partial charge in [-0.3, -0.25) is 14.6 Å². The number of nitrogens with zero attached hydrogens (tertiary/aromatic N) is 4. The fourth-order valence-electron chi connectivity index (χ4n) is 4.06. The van der Waals surface area contributed by atoms with Crippen LogP contribution in [0.5, 0.6) is 0 Å². The molecule has 0 spiro atoms. The zero-order chi connectivity index (χ0) is 21.2. The topological polar surface area (TPSA) is 65.4 Å². The van der Waals surface area contributed by atoms with Crippen molar-refractivity contribution in [2.24, 2.45) is 5.10 Å². The molecule has 0 N–H and O–H groups in total. The quantitative estimate of drug-likeness (QED) is 0.556. The first-order valence-corrected chi connectivity index (χ1v) is 11.5. The number of piperazine rings is 1. The standard InChI is InChI=1S/C22H23ClN4O3S/c23-21-6-5-16(31-21)14-25-7-9-26(10-8-25)15-22(28)27-18(20-4-2-12-30-20)13-17(24-27)19-3-1-11-29-19/h1-6,11-12,18H,7-10,13-15H2. The number of hydrazone groups is 1. The van der Waals surface area contributed by atoms with Crippen molar-refractivity contribution < 1.29 is 13.6 Å². The van der Waals surface area contributed by atoms with Gasteiger partial charge in [-0.2, -0.15) is 5.10 Å². The highest BCUT2D eigenvalue weighted by molar-refractivity contribution is 7.16. The van der Waals surface area contributed by atoms with Gasteiger partial charge < -0.3 is 8.83 Å². The first-order chi connectivity index (χ1) is 15.2. The molecular formula is C22H23ClN4O3S. The van der Waals surface area contributed by atoms with Crippen LogP contribution in [0.15, 0.2) is 62.9 Å². The van der Waals surface area contributed by atoms with Crippen LogP contribution >= 0.6 is 22.9 Å². The summed E-state index contributed by atoms with van der Waals surface area (Å²) in [4.78, 5) is 19.1. The molecule has 31 heavy (non-hydrogen) atoms. The van der Waals surface area contributed by atoms with Gasteiger partial charge in [-0.1, -0.05) is 11.6 Å². The Balaban J connectivity index is 1.21. The highest BCUT2D eigenvalue weighted by Crippen LogP contribution is 2.33. The van der Waals surface area contributed by atoms with Gasteiger partial charge in [0.25, 0.3) is 5.91 Å². The van der Waals surface area contributed by atoms with Gasteiger partial charge in [0.2, 0.25) is 0 Å². The Hall–Kier alpha value is -2.39. The molecule has 9 heteroatoms. The van der Waals surface area contributed by atoms with Crippen molar-refractivity contribution in [1.29, 1.82) is 0 Å². The third kappa shape index (κ3) is 4.62. The number of amides is 1. The zero-order valence-electron chi connectivity index (χ0n) is 16.9. The Labute approximate surface area is 189 Å². The van der Waals surface area contributed by atoms with E-state index in [2.05, 4.69) is 21.0 Å². The van der Waals surface area contributed by atoms with Crippen LogP contribution in [0.3, 0.4) is 0 Å². The fourth-order valence-corrected chi connectivity index (χ4v) is 5.19. The second-order valence-corrected chi connectivity index (χ2v) is 9.56. The van der Waals surface area contributed by atoms with Crippen LogP contribution in [0.4, 0.5) is 0 Å². The van der Waals surface area contributed by atoms with Crippen LogP contribution in [0, 0.1) is 0 Å². The lowest BCUT2D eigenvalue weighted by molar-refractivity contribution is -0.135. The first kappa shape index (κ1) is 20.5. The Morgan fingerprint density at radius 3 is 2.52 bits per heavy atom. The van der Waals surface area contributed by atoms with E-state index in [0.717, 1.165) is 48.5 Å². The van der Waals surface area contributed by atoms with E-state index in [1.807, 2.05) is 30.3 Å². The molecule has 162 valence electrons. The summed E-state index contributed by atoms with van der Waals surface area (Å²) in [6, 6.07) is 11.2. The minimum atomic E-state index is -0.243. The van der Waals surface area contributed by atoms with Gasteiger partial charge in [-0.15, -0.1) is 11.3 Å². The molecule has 1 amide bonds. The Morgan fingerprint density at radius 2 is 1.84 bits per heavy atom. The first-order valence-electron chi connectivity index (χ1n) is 10.3. The summed E-state index contributed by atoms with van der Waals surface area (Å²) in [7, 11) is 0. The molecule has 1 unspecified atom stereocenters. The number of halogens is 1. The average Bonchev–Trinajstić information content (AvgIpc) is 3.56. The molecule has 3 aromatic heterocycles. The molecule has 0 aliphatic carbocycles. The maximum Gasteiger partial charge on any atom is 0.257 e. The van der Waals surface area contributed by atoms with Gasteiger partial charge in [0, 0.05) is 44.0 Å². The summed E-state index contributed by atoms with van der Waals surface area (Å²) in [6.07, 6.45) is 3.82. The Morgan fingerprint density at radius 1 is 1.06 bits per heavy atom. The SMILES string of the molecule is O=C(CN1CCN(Cc2ccc(Cl)s2)CC1)N1N=C(c2ccco2)CC1c1ccco1. The number of hydrogen-bond acceptors (Lipinski definition) is 7. The Bertz CT molecular complexity index is 1040. The summed E-state index contributed by atoms with van der Waals surface area (Å²) >= 11 is 7.66. The van der Waals surface area contributed by atoms with Crippen molar-refractivity contribution in [3.63, 3.8) is 0 Å². The molecule has 0 saturated carbocycles. The van der Waals surface area contributed by atoms with Crippen LogP contribution in [0.25, 0.3) is 0 Å². The molecule has 5 heterocycles. The van der Waals surface area contributed by atoms with Crippen molar-refractivity contribution in [3.05, 3.63) is 69.7 Å². The van der Waals surface area contributed by atoms with Crippen LogP contribution in [0.1, 0.15) is 28.9 Å². The molecule has 1 fully saturated rings. The van der Waals surface area contributed by atoms with E-state index in [1.165, 1.54) is 4.88 Å². The summed E-state index contributed by atoms with van der Waals surface area (Å²) in [6.45, 7) is 4.78. The van der Waals surface area contributed by atoms with Gasteiger partial charge in [0.15, 0.2) is 0 Å². The monoisotopic (exact) mass is 458 g/mol. The maximum atomic E-state index is 13.2. The summed E-state index contributed by atoms with van der Waals surface area (Å²) < 4.78 is 11.9. The molecule has 3 aromatic rings. The molecule has 2 aliphatic rings. The van der Waals surface area contributed by atoms with Crippen molar-refractivity contribution in [2.45, 2.75) is 19.0 Å². The van der Waals surface area contributed by atoms with Gasteiger partial charge in [0.05, 0.1) is 23.4 Å². The lowest BCUT2D eigenvalue weighted by Crippen LogP contribution is -2.49. The van der Waals surface area contributed by atoms with Crippen molar-refractivity contribution >= 4 is 34.6 Å². The van der Waals surface area contributed by atoms with E-state index in [1.54, 1.807) is 28.9 Å². The van der Waals surface area contributed by atoms with Gasteiger partial charge in [0.1, 0.15) is 23.3 Å². The molecule has 1 saturated heterocycles. The molecule has 0 radical (unpaired) electrons. The summed E-state index contributed by atoms with van der Waals surface area (Å²) in [5, 5.41) is 6.17. The normalized spacial score (nSPS) is 20.4. The fraction of sp³-hybridized carbons (Fsp3) is 0.364. The second-order valence-electron chi connectivity index (χ2n) is 7.76. The van der Waals surface area contributed by atoms with E-state index >= 15 is 0 Å². The van der Waals surface area contributed by atoms with Crippen LogP contribution in [-0.2, 0) is 11.3 Å². The third-order valence-electron chi connectivity index (χ3n) is 5.68. The van der Waals surface area contributed by atoms with E-state index in [4.69, 9.17) is 20.4 Å². The number of carbonyl (C=O) groups excluding carboxylic acids is 1. The number of hydrogen-bond donors (Lipinski definition) is 0. The lowest BCUT2D eigenvalue weighted by Gasteiger charge is -2.34. The number of rotatable bonds is 6. The third-order valence-corrected chi connectivity index (χ3v) is 6.89. The van der Waals surface area contributed by atoms with E-state index < -0.39 is 0 Å². The molecule has 7 nitrogen and oxygen atoms in total. The van der Waals surface area contributed by atoms with E-state index in [0.29, 0.717) is 18.7 Å².